The Hall–Kier alpha value is -4.05. The lowest BCUT2D eigenvalue weighted by molar-refractivity contribution is -0.117. The van der Waals surface area contributed by atoms with Crippen LogP contribution in [0.2, 0.25) is 0 Å². The van der Waals surface area contributed by atoms with Crippen LogP contribution in [0.5, 0.6) is 0 Å². The first kappa shape index (κ1) is 24.6. The van der Waals surface area contributed by atoms with Gasteiger partial charge in [0.2, 0.25) is 5.91 Å². The largest absolute Gasteiger partial charge is 0.339 e. The molecule has 0 bridgehead atoms. The number of aromatic amines is 1. The number of carbonyl (C=O) groups excluding carboxylic acids is 2. The van der Waals surface area contributed by atoms with E-state index in [0.717, 1.165) is 29.7 Å². The predicted molar refractivity (Wildman–Crippen MR) is 143 cm³/mol. The number of nitrogens with zero attached hydrogens (tertiary/aromatic N) is 5. The summed E-state index contributed by atoms with van der Waals surface area (Å²) in [5, 5.41) is 10.9. The molecule has 5 rings (SSSR count). The van der Waals surface area contributed by atoms with Crippen LogP contribution in [-0.2, 0) is 11.8 Å². The highest BCUT2D eigenvalue weighted by Gasteiger charge is 2.23. The summed E-state index contributed by atoms with van der Waals surface area (Å²) in [6, 6.07) is 5.48. The lowest BCUT2D eigenvalue weighted by atomic mass is 9.92. The summed E-state index contributed by atoms with van der Waals surface area (Å²) in [6.45, 7) is 8.45. The molecule has 10 heteroatoms. The zero-order valence-corrected chi connectivity index (χ0v) is 21.6. The SMILES string of the molecule is Cc1ncc(NC(=O)CN2CC(C)CC(C)C2)cc1NC(=O)c1cnc2[nH]c(-c3cnn(C)c3)cc2c1. The van der Waals surface area contributed by atoms with Gasteiger partial charge in [-0.3, -0.25) is 24.2 Å². The smallest absolute Gasteiger partial charge is 0.257 e. The van der Waals surface area contributed by atoms with Gasteiger partial charge >= 0.3 is 0 Å². The topological polar surface area (TPSA) is 121 Å². The molecule has 0 aromatic carbocycles. The number of piperidine rings is 1. The Labute approximate surface area is 215 Å². The van der Waals surface area contributed by atoms with Gasteiger partial charge < -0.3 is 15.6 Å². The molecule has 3 N–H and O–H groups in total. The molecule has 2 amide bonds. The number of pyridine rings is 2. The third kappa shape index (κ3) is 5.69. The molecule has 192 valence electrons. The van der Waals surface area contributed by atoms with E-state index in [1.165, 1.54) is 12.6 Å². The number of fused-ring (bicyclic) bond motifs is 1. The third-order valence-electron chi connectivity index (χ3n) is 6.68. The van der Waals surface area contributed by atoms with Crippen molar-refractivity contribution in [3.05, 3.63) is 54.2 Å². The Kier molecular flexibility index (Phi) is 6.75. The Morgan fingerprint density at radius 1 is 1.05 bits per heavy atom. The first-order chi connectivity index (χ1) is 17.7. The van der Waals surface area contributed by atoms with Gasteiger partial charge in [0.25, 0.3) is 5.91 Å². The van der Waals surface area contributed by atoms with Crippen LogP contribution in [-0.4, -0.2) is 61.1 Å². The minimum absolute atomic E-state index is 0.0873. The molecular formula is C27H32N8O2. The zero-order valence-electron chi connectivity index (χ0n) is 21.6. The van der Waals surface area contributed by atoms with Gasteiger partial charge in [0, 0.05) is 43.5 Å². The molecule has 37 heavy (non-hydrogen) atoms. The molecular weight excluding hydrogens is 468 g/mol. The maximum Gasteiger partial charge on any atom is 0.257 e. The minimum Gasteiger partial charge on any atom is -0.339 e. The molecule has 1 aliphatic heterocycles. The lowest BCUT2D eigenvalue weighted by Crippen LogP contribution is -2.42. The molecule has 2 atom stereocenters. The first-order valence-corrected chi connectivity index (χ1v) is 12.5. The van der Waals surface area contributed by atoms with E-state index in [1.807, 2.05) is 26.2 Å². The fraction of sp³-hybridized carbons (Fsp3) is 0.370. The number of hydrogen-bond donors (Lipinski definition) is 3. The van der Waals surface area contributed by atoms with Crippen LogP contribution in [0.3, 0.4) is 0 Å². The second kappa shape index (κ2) is 10.1. The molecule has 1 aliphatic rings. The molecule has 2 unspecified atom stereocenters. The van der Waals surface area contributed by atoms with Crippen molar-refractivity contribution in [1.82, 2.24) is 29.6 Å². The number of aryl methyl sites for hydroxylation is 2. The van der Waals surface area contributed by atoms with E-state index in [1.54, 1.807) is 29.2 Å². The number of hydrogen-bond acceptors (Lipinski definition) is 6. The predicted octanol–water partition coefficient (Wildman–Crippen LogP) is 3.84. The summed E-state index contributed by atoms with van der Waals surface area (Å²) >= 11 is 0. The van der Waals surface area contributed by atoms with E-state index in [2.05, 4.69) is 49.4 Å². The van der Waals surface area contributed by atoms with E-state index in [4.69, 9.17) is 0 Å². The molecule has 1 saturated heterocycles. The first-order valence-electron chi connectivity index (χ1n) is 12.5. The highest BCUT2D eigenvalue weighted by Crippen LogP contribution is 2.25. The number of H-pyrrole nitrogens is 1. The molecule has 10 nitrogen and oxygen atoms in total. The highest BCUT2D eigenvalue weighted by atomic mass is 16.2. The maximum absolute atomic E-state index is 13.1. The summed E-state index contributed by atoms with van der Waals surface area (Å²) in [5.41, 5.74) is 4.67. The number of aromatic nitrogens is 5. The summed E-state index contributed by atoms with van der Waals surface area (Å²) < 4.78 is 1.73. The van der Waals surface area contributed by atoms with Crippen LogP contribution in [0.25, 0.3) is 22.3 Å². The zero-order chi connectivity index (χ0) is 26.1. The van der Waals surface area contributed by atoms with Crippen LogP contribution < -0.4 is 10.6 Å². The van der Waals surface area contributed by atoms with E-state index in [9.17, 15) is 9.59 Å². The van der Waals surface area contributed by atoms with Crippen molar-refractivity contribution in [2.24, 2.45) is 18.9 Å². The van der Waals surface area contributed by atoms with Crippen LogP contribution in [0.4, 0.5) is 11.4 Å². The lowest BCUT2D eigenvalue weighted by Gasteiger charge is -2.34. The third-order valence-corrected chi connectivity index (χ3v) is 6.68. The van der Waals surface area contributed by atoms with Crippen molar-refractivity contribution in [1.29, 1.82) is 0 Å². The Morgan fingerprint density at radius 3 is 2.57 bits per heavy atom. The molecule has 5 heterocycles. The van der Waals surface area contributed by atoms with Crippen molar-refractivity contribution in [3.63, 3.8) is 0 Å². The summed E-state index contributed by atoms with van der Waals surface area (Å²) in [5.74, 6) is 0.779. The number of nitrogens with one attached hydrogen (secondary N) is 3. The van der Waals surface area contributed by atoms with Crippen molar-refractivity contribution in [3.8, 4) is 11.3 Å². The summed E-state index contributed by atoms with van der Waals surface area (Å²) in [4.78, 5) is 40.0. The quantitative estimate of drug-likeness (QED) is 0.370. The average Bonchev–Trinajstić information content (AvgIpc) is 3.46. The van der Waals surface area contributed by atoms with Gasteiger partial charge in [0.15, 0.2) is 0 Å². The molecule has 0 radical (unpaired) electrons. The van der Waals surface area contributed by atoms with Crippen molar-refractivity contribution < 1.29 is 9.59 Å². The van der Waals surface area contributed by atoms with Gasteiger partial charge in [-0.1, -0.05) is 13.8 Å². The fourth-order valence-corrected chi connectivity index (χ4v) is 5.10. The fourth-order valence-electron chi connectivity index (χ4n) is 5.10. The van der Waals surface area contributed by atoms with Gasteiger partial charge in [-0.05, 0) is 43.4 Å². The number of carbonyl (C=O) groups is 2. The van der Waals surface area contributed by atoms with Crippen LogP contribution >= 0.6 is 0 Å². The number of likely N-dealkylation sites (tertiary alicyclic amines) is 1. The number of anilines is 2. The molecule has 0 saturated carbocycles. The van der Waals surface area contributed by atoms with Crippen molar-refractivity contribution in [2.45, 2.75) is 27.2 Å². The number of rotatable bonds is 6. The van der Waals surface area contributed by atoms with Gasteiger partial charge in [-0.15, -0.1) is 0 Å². The van der Waals surface area contributed by atoms with Crippen LogP contribution in [0.15, 0.2) is 43.0 Å². The van der Waals surface area contributed by atoms with Gasteiger partial charge in [0.05, 0.1) is 47.3 Å². The highest BCUT2D eigenvalue weighted by molar-refractivity contribution is 6.06. The second-order valence-electron chi connectivity index (χ2n) is 10.2. The normalized spacial score (nSPS) is 18.2. The minimum atomic E-state index is -0.303. The van der Waals surface area contributed by atoms with Crippen molar-refractivity contribution in [2.75, 3.05) is 30.3 Å². The monoisotopic (exact) mass is 500 g/mol. The van der Waals surface area contributed by atoms with E-state index in [0.29, 0.717) is 46.7 Å². The van der Waals surface area contributed by atoms with E-state index in [-0.39, 0.29) is 11.8 Å². The Morgan fingerprint density at radius 2 is 1.84 bits per heavy atom. The second-order valence-corrected chi connectivity index (χ2v) is 10.2. The average molecular weight is 501 g/mol. The van der Waals surface area contributed by atoms with Gasteiger partial charge in [-0.25, -0.2) is 4.98 Å². The maximum atomic E-state index is 13.1. The molecule has 0 spiro atoms. The van der Waals surface area contributed by atoms with E-state index >= 15 is 0 Å². The van der Waals surface area contributed by atoms with Gasteiger partial charge in [-0.2, -0.15) is 5.10 Å². The molecule has 1 fully saturated rings. The Bertz CT molecular complexity index is 1450. The van der Waals surface area contributed by atoms with Gasteiger partial charge in [0.1, 0.15) is 5.65 Å². The van der Waals surface area contributed by atoms with Crippen molar-refractivity contribution >= 4 is 34.2 Å². The van der Waals surface area contributed by atoms with Crippen LogP contribution in [0, 0.1) is 18.8 Å². The summed E-state index contributed by atoms with van der Waals surface area (Å²) in [6.07, 6.45) is 8.02. The van der Waals surface area contributed by atoms with E-state index < -0.39 is 0 Å². The Balaban J connectivity index is 1.26. The molecule has 4 aromatic rings. The number of amides is 2. The molecule has 0 aliphatic carbocycles. The van der Waals surface area contributed by atoms with Crippen LogP contribution in [0.1, 0.15) is 36.3 Å². The summed E-state index contributed by atoms with van der Waals surface area (Å²) in [7, 11) is 1.86. The molecule has 4 aromatic heterocycles. The standard InChI is InChI=1S/C27H32N8O2/c1-16-5-17(2)13-35(12-16)15-25(36)31-22-8-23(18(3)28-11-22)33-27(37)20-6-19-7-24(32-26(19)29-9-20)21-10-30-34(4)14-21/h6-11,14,16-17H,5,12-13,15H2,1-4H3,(H,29,32)(H,31,36)(H,33,37).